The van der Waals surface area contributed by atoms with Gasteiger partial charge >= 0.3 is 0 Å². The number of hydrogen-bond acceptors (Lipinski definition) is 3. The van der Waals surface area contributed by atoms with E-state index >= 15 is 0 Å². The van der Waals surface area contributed by atoms with E-state index in [4.69, 9.17) is 0 Å². The summed E-state index contributed by atoms with van der Waals surface area (Å²) in [6, 6.07) is 8.11. The van der Waals surface area contributed by atoms with Crippen molar-refractivity contribution in [2.24, 2.45) is 0 Å². The van der Waals surface area contributed by atoms with Crippen LogP contribution >= 0.6 is 0 Å². The lowest BCUT2D eigenvalue weighted by molar-refractivity contribution is 0.398. The van der Waals surface area contributed by atoms with Crippen LogP contribution in [0.5, 0.6) is 0 Å². The van der Waals surface area contributed by atoms with Crippen LogP contribution in [0.2, 0.25) is 0 Å². The van der Waals surface area contributed by atoms with E-state index in [0.717, 1.165) is 18.4 Å². The van der Waals surface area contributed by atoms with E-state index in [1.807, 2.05) is 31.2 Å². The Hall–Kier alpha value is -1.66. The SMILES string of the molecule is Cc1ccc(CN(C2CC2)S(=O)(=O)c2cn[nH]c2C)cc1. The van der Waals surface area contributed by atoms with Crippen molar-refractivity contribution in [2.45, 2.75) is 44.2 Å². The van der Waals surface area contributed by atoms with Gasteiger partial charge in [0.05, 0.1) is 11.9 Å². The van der Waals surface area contributed by atoms with Crippen LogP contribution < -0.4 is 0 Å². The second kappa shape index (κ2) is 5.27. The fourth-order valence-corrected chi connectivity index (χ4v) is 4.17. The molecule has 6 heteroatoms. The molecule has 1 aliphatic rings. The summed E-state index contributed by atoms with van der Waals surface area (Å²) in [7, 11) is -3.49. The van der Waals surface area contributed by atoms with Crippen molar-refractivity contribution in [3.63, 3.8) is 0 Å². The first-order valence-corrected chi connectivity index (χ1v) is 8.50. The van der Waals surface area contributed by atoms with Crippen LogP contribution in [0.25, 0.3) is 0 Å². The van der Waals surface area contributed by atoms with Gasteiger partial charge in [-0.3, -0.25) is 5.10 Å². The molecule has 0 amide bonds. The van der Waals surface area contributed by atoms with Gasteiger partial charge in [-0.1, -0.05) is 29.8 Å². The van der Waals surface area contributed by atoms with Crippen LogP contribution in [0.3, 0.4) is 0 Å². The Morgan fingerprint density at radius 1 is 1.24 bits per heavy atom. The zero-order valence-electron chi connectivity index (χ0n) is 12.2. The third kappa shape index (κ3) is 2.87. The van der Waals surface area contributed by atoms with Gasteiger partial charge in [0.25, 0.3) is 0 Å². The van der Waals surface area contributed by atoms with Crippen LogP contribution in [-0.2, 0) is 16.6 Å². The molecule has 0 unspecified atom stereocenters. The van der Waals surface area contributed by atoms with Crippen molar-refractivity contribution in [3.8, 4) is 0 Å². The molecule has 112 valence electrons. The quantitative estimate of drug-likeness (QED) is 0.922. The summed E-state index contributed by atoms with van der Waals surface area (Å²) in [6.07, 6.45) is 3.26. The molecule has 1 heterocycles. The maximum atomic E-state index is 12.8. The lowest BCUT2D eigenvalue weighted by atomic mass is 10.1. The Morgan fingerprint density at radius 2 is 1.90 bits per heavy atom. The van der Waals surface area contributed by atoms with Crippen LogP contribution in [0.15, 0.2) is 35.4 Å². The highest BCUT2D eigenvalue weighted by molar-refractivity contribution is 7.89. The summed E-state index contributed by atoms with van der Waals surface area (Å²) < 4.78 is 27.3. The Labute approximate surface area is 125 Å². The number of benzene rings is 1. The number of aryl methyl sites for hydroxylation is 2. The molecular formula is C15H19N3O2S. The van der Waals surface area contributed by atoms with E-state index in [-0.39, 0.29) is 10.9 Å². The van der Waals surface area contributed by atoms with Crippen molar-refractivity contribution in [3.05, 3.63) is 47.3 Å². The highest BCUT2D eigenvalue weighted by atomic mass is 32.2. The summed E-state index contributed by atoms with van der Waals surface area (Å²) in [5, 5.41) is 6.54. The topological polar surface area (TPSA) is 66.1 Å². The van der Waals surface area contributed by atoms with Gasteiger partial charge in [-0.05, 0) is 32.3 Å². The van der Waals surface area contributed by atoms with E-state index in [9.17, 15) is 8.42 Å². The molecule has 0 aliphatic heterocycles. The van der Waals surface area contributed by atoms with Crippen LogP contribution in [-0.4, -0.2) is 29.0 Å². The van der Waals surface area contributed by atoms with Gasteiger partial charge in [0.2, 0.25) is 10.0 Å². The molecule has 1 N–H and O–H groups in total. The fourth-order valence-electron chi connectivity index (χ4n) is 2.37. The second-order valence-electron chi connectivity index (χ2n) is 5.63. The standard InChI is InChI=1S/C15H19N3O2S/c1-11-3-5-13(6-4-11)10-18(14-7-8-14)21(19,20)15-9-16-17-12(15)2/h3-6,9,14H,7-8,10H2,1-2H3,(H,16,17). The first kappa shape index (κ1) is 14.3. The average molecular weight is 305 g/mol. The normalized spacial score (nSPS) is 15.6. The van der Waals surface area contributed by atoms with Gasteiger partial charge in [-0.2, -0.15) is 9.40 Å². The molecule has 1 saturated carbocycles. The van der Waals surface area contributed by atoms with Gasteiger partial charge in [-0.25, -0.2) is 8.42 Å². The first-order valence-electron chi connectivity index (χ1n) is 7.06. The lowest BCUT2D eigenvalue weighted by Gasteiger charge is -2.21. The maximum absolute atomic E-state index is 12.8. The summed E-state index contributed by atoms with van der Waals surface area (Å²) in [6.45, 7) is 4.17. The largest absolute Gasteiger partial charge is 0.281 e. The number of rotatable bonds is 5. The molecule has 1 aromatic heterocycles. The number of sulfonamides is 1. The summed E-state index contributed by atoms with van der Waals surface area (Å²) in [4.78, 5) is 0.279. The van der Waals surface area contributed by atoms with E-state index in [0.29, 0.717) is 12.2 Å². The number of nitrogens with zero attached hydrogens (tertiary/aromatic N) is 2. The molecule has 0 saturated heterocycles. The number of H-pyrrole nitrogens is 1. The highest BCUT2D eigenvalue weighted by Crippen LogP contribution is 2.34. The third-order valence-electron chi connectivity index (χ3n) is 3.78. The highest BCUT2D eigenvalue weighted by Gasteiger charge is 2.39. The third-order valence-corrected chi connectivity index (χ3v) is 5.80. The number of nitrogens with one attached hydrogen (secondary N) is 1. The van der Waals surface area contributed by atoms with Crippen molar-refractivity contribution < 1.29 is 8.42 Å². The molecular weight excluding hydrogens is 286 g/mol. The lowest BCUT2D eigenvalue weighted by Crippen LogP contribution is -2.32. The molecule has 1 aromatic carbocycles. The molecule has 1 aliphatic carbocycles. The average Bonchev–Trinajstić information content (AvgIpc) is 3.18. The van der Waals surface area contributed by atoms with E-state index in [1.54, 1.807) is 11.2 Å². The smallest absolute Gasteiger partial charge is 0.247 e. The fraction of sp³-hybridized carbons (Fsp3) is 0.400. The van der Waals surface area contributed by atoms with Gasteiger partial charge < -0.3 is 0 Å². The van der Waals surface area contributed by atoms with Crippen molar-refractivity contribution in [2.75, 3.05) is 0 Å². The predicted octanol–water partition coefficient (Wildman–Crippen LogP) is 2.38. The Kier molecular flexibility index (Phi) is 3.59. The molecule has 0 radical (unpaired) electrons. The maximum Gasteiger partial charge on any atom is 0.247 e. The monoisotopic (exact) mass is 305 g/mol. The van der Waals surface area contributed by atoms with E-state index in [1.165, 1.54) is 11.8 Å². The Morgan fingerprint density at radius 3 is 2.43 bits per heavy atom. The molecule has 0 atom stereocenters. The zero-order chi connectivity index (χ0) is 15.0. The number of aromatic amines is 1. The van der Waals surface area contributed by atoms with Gasteiger partial charge in [0, 0.05) is 12.6 Å². The van der Waals surface area contributed by atoms with E-state index < -0.39 is 10.0 Å². The molecule has 21 heavy (non-hydrogen) atoms. The summed E-state index contributed by atoms with van der Waals surface area (Å²) in [5.41, 5.74) is 2.77. The summed E-state index contributed by atoms with van der Waals surface area (Å²) >= 11 is 0. The zero-order valence-corrected chi connectivity index (χ0v) is 13.0. The Balaban J connectivity index is 1.91. The van der Waals surface area contributed by atoms with E-state index in [2.05, 4.69) is 10.2 Å². The molecule has 1 fully saturated rings. The van der Waals surface area contributed by atoms with Crippen LogP contribution in [0, 0.1) is 13.8 Å². The number of aromatic nitrogens is 2. The van der Waals surface area contributed by atoms with Crippen LogP contribution in [0.4, 0.5) is 0 Å². The first-order chi connectivity index (χ1) is 9.98. The van der Waals surface area contributed by atoms with Gasteiger partial charge in [0.1, 0.15) is 4.90 Å². The minimum absolute atomic E-state index is 0.116. The second-order valence-corrected chi connectivity index (χ2v) is 7.49. The number of hydrogen-bond donors (Lipinski definition) is 1. The van der Waals surface area contributed by atoms with Crippen LogP contribution in [0.1, 0.15) is 29.7 Å². The minimum atomic E-state index is -3.49. The van der Waals surface area contributed by atoms with Crippen molar-refractivity contribution >= 4 is 10.0 Å². The molecule has 0 spiro atoms. The predicted molar refractivity (Wildman–Crippen MR) is 80.3 cm³/mol. The molecule has 3 rings (SSSR count). The molecule has 0 bridgehead atoms. The molecule has 5 nitrogen and oxygen atoms in total. The van der Waals surface area contributed by atoms with Crippen molar-refractivity contribution in [1.29, 1.82) is 0 Å². The summed E-state index contributed by atoms with van der Waals surface area (Å²) in [5.74, 6) is 0. The Bertz CT molecular complexity index is 731. The minimum Gasteiger partial charge on any atom is -0.281 e. The molecule has 2 aromatic rings. The van der Waals surface area contributed by atoms with Gasteiger partial charge in [-0.15, -0.1) is 0 Å². The van der Waals surface area contributed by atoms with Crippen molar-refractivity contribution in [1.82, 2.24) is 14.5 Å². The van der Waals surface area contributed by atoms with Gasteiger partial charge in [0.15, 0.2) is 0 Å².